The maximum atomic E-state index is 13.0. The number of rotatable bonds is 16. The standard InChI is InChI=1S/C22H32N4O8S/c1-35-10-9-16(22(33)34)25-21(32)17(11-13-5-3-2-4-6-13)26-20(31)15(7-8-18(28)29)24-19(30)14(23)12-27/h2-6,14-17,27H,7-12,23H2,1H3,(H,24,30)(H,25,32)(H,26,31)(H,28,29)(H,33,34). The maximum absolute atomic E-state index is 13.0. The monoisotopic (exact) mass is 512 g/mol. The summed E-state index contributed by atoms with van der Waals surface area (Å²) in [4.78, 5) is 60.7. The Morgan fingerprint density at radius 2 is 1.46 bits per heavy atom. The van der Waals surface area contributed by atoms with Gasteiger partial charge in [0.15, 0.2) is 0 Å². The van der Waals surface area contributed by atoms with Crippen molar-refractivity contribution >= 4 is 41.4 Å². The van der Waals surface area contributed by atoms with Gasteiger partial charge in [-0.05, 0) is 30.4 Å². The van der Waals surface area contributed by atoms with Gasteiger partial charge in [-0.1, -0.05) is 30.3 Å². The minimum Gasteiger partial charge on any atom is -0.481 e. The smallest absolute Gasteiger partial charge is 0.326 e. The second-order valence-electron chi connectivity index (χ2n) is 7.71. The molecule has 13 heteroatoms. The minimum absolute atomic E-state index is 0.0169. The third-order valence-electron chi connectivity index (χ3n) is 4.95. The number of carbonyl (C=O) groups excluding carboxylic acids is 3. The van der Waals surface area contributed by atoms with Crippen molar-refractivity contribution in [1.82, 2.24) is 16.0 Å². The van der Waals surface area contributed by atoms with E-state index in [1.54, 1.807) is 36.6 Å². The van der Waals surface area contributed by atoms with Crippen LogP contribution in [-0.4, -0.2) is 87.8 Å². The van der Waals surface area contributed by atoms with Crippen molar-refractivity contribution < 1.29 is 39.3 Å². The zero-order chi connectivity index (χ0) is 26.4. The predicted molar refractivity (Wildman–Crippen MR) is 129 cm³/mol. The molecule has 0 heterocycles. The zero-order valence-corrected chi connectivity index (χ0v) is 20.1. The number of carboxylic acid groups (broad SMARTS) is 2. The lowest BCUT2D eigenvalue weighted by Gasteiger charge is -2.25. The van der Waals surface area contributed by atoms with Crippen LogP contribution in [0.15, 0.2) is 30.3 Å². The Bertz CT molecular complexity index is 870. The first-order valence-corrected chi connectivity index (χ1v) is 12.2. The van der Waals surface area contributed by atoms with Crippen LogP contribution in [0.25, 0.3) is 0 Å². The van der Waals surface area contributed by atoms with Gasteiger partial charge in [0.05, 0.1) is 6.61 Å². The van der Waals surface area contributed by atoms with Crippen LogP contribution in [-0.2, 0) is 30.4 Å². The quantitative estimate of drug-likeness (QED) is 0.139. The van der Waals surface area contributed by atoms with Gasteiger partial charge in [-0.3, -0.25) is 19.2 Å². The largest absolute Gasteiger partial charge is 0.481 e. The summed E-state index contributed by atoms with van der Waals surface area (Å²) in [6.45, 7) is -0.690. The van der Waals surface area contributed by atoms with E-state index < -0.39 is 66.9 Å². The SMILES string of the molecule is CSCCC(NC(=O)C(Cc1ccccc1)NC(=O)C(CCC(=O)O)NC(=O)C(N)CO)C(=O)O. The maximum Gasteiger partial charge on any atom is 0.326 e. The number of carbonyl (C=O) groups is 5. The highest BCUT2D eigenvalue weighted by molar-refractivity contribution is 7.98. The lowest BCUT2D eigenvalue weighted by molar-refractivity contribution is -0.142. The van der Waals surface area contributed by atoms with Crippen LogP contribution in [0.1, 0.15) is 24.8 Å². The lowest BCUT2D eigenvalue weighted by atomic mass is 10.0. The first-order valence-electron chi connectivity index (χ1n) is 10.8. The fourth-order valence-corrected chi connectivity index (χ4v) is 3.47. The molecule has 0 aliphatic heterocycles. The molecular formula is C22H32N4O8S. The summed E-state index contributed by atoms with van der Waals surface area (Å²) >= 11 is 1.42. The number of nitrogens with two attached hydrogens (primary N) is 1. The first-order chi connectivity index (χ1) is 16.6. The van der Waals surface area contributed by atoms with E-state index in [9.17, 15) is 29.1 Å². The molecule has 1 aromatic carbocycles. The molecule has 0 spiro atoms. The highest BCUT2D eigenvalue weighted by atomic mass is 32.2. The molecule has 0 aliphatic rings. The molecule has 0 aromatic heterocycles. The molecule has 0 saturated carbocycles. The summed E-state index contributed by atoms with van der Waals surface area (Å²) in [6.07, 6.45) is 1.23. The molecule has 3 amide bonds. The van der Waals surface area contributed by atoms with Crippen LogP contribution in [0.2, 0.25) is 0 Å². The normalized spacial score (nSPS) is 14.1. The molecule has 4 unspecified atom stereocenters. The van der Waals surface area contributed by atoms with Crippen molar-refractivity contribution in [2.75, 3.05) is 18.6 Å². The number of aliphatic hydroxyl groups is 1. The highest BCUT2D eigenvalue weighted by Crippen LogP contribution is 2.08. The Morgan fingerprint density at radius 3 is 2.00 bits per heavy atom. The van der Waals surface area contributed by atoms with E-state index in [1.165, 1.54) is 11.8 Å². The summed E-state index contributed by atoms with van der Waals surface area (Å²) in [6, 6.07) is 3.61. The second kappa shape index (κ2) is 15.7. The van der Waals surface area contributed by atoms with Crippen molar-refractivity contribution in [2.24, 2.45) is 5.73 Å². The number of aliphatic hydroxyl groups excluding tert-OH is 1. The van der Waals surface area contributed by atoms with E-state index in [2.05, 4.69) is 16.0 Å². The van der Waals surface area contributed by atoms with Crippen LogP contribution >= 0.6 is 11.8 Å². The highest BCUT2D eigenvalue weighted by Gasteiger charge is 2.30. The molecule has 0 bridgehead atoms. The molecule has 194 valence electrons. The van der Waals surface area contributed by atoms with Gasteiger partial charge in [0.1, 0.15) is 24.2 Å². The Hall–Kier alpha value is -3.16. The summed E-state index contributed by atoms with van der Waals surface area (Å²) in [5.41, 5.74) is 6.14. The van der Waals surface area contributed by atoms with E-state index in [4.69, 9.17) is 15.9 Å². The lowest BCUT2D eigenvalue weighted by Crippen LogP contribution is -2.58. The third-order valence-corrected chi connectivity index (χ3v) is 5.60. The van der Waals surface area contributed by atoms with Crippen molar-refractivity contribution in [3.05, 3.63) is 35.9 Å². The summed E-state index contributed by atoms with van der Waals surface area (Å²) in [5, 5.41) is 34.7. The molecule has 12 nitrogen and oxygen atoms in total. The number of hydrogen-bond acceptors (Lipinski definition) is 8. The first kappa shape index (κ1) is 29.9. The predicted octanol–water partition coefficient (Wildman–Crippen LogP) is -1.29. The average Bonchev–Trinajstić information content (AvgIpc) is 2.83. The van der Waals surface area contributed by atoms with Crippen LogP contribution in [0, 0.1) is 0 Å². The van der Waals surface area contributed by atoms with Crippen LogP contribution in [0.5, 0.6) is 0 Å². The molecule has 4 atom stereocenters. The van der Waals surface area contributed by atoms with E-state index in [-0.39, 0.29) is 19.3 Å². The molecule has 1 aromatic rings. The molecule has 0 fully saturated rings. The van der Waals surface area contributed by atoms with Gasteiger partial charge in [-0.15, -0.1) is 0 Å². The zero-order valence-electron chi connectivity index (χ0n) is 19.3. The van der Waals surface area contributed by atoms with E-state index >= 15 is 0 Å². The van der Waals surface area contributed by atoms with Crippen LogP contribution < -0.4 is 21.7 Å². The van der Waals surface area contributed by atoms with Crippen LogP contribution in [0.4, 0.5) is 0 Å². The second-order valence-corrected chi connectivity index (χ2v) is 8.70. The van der Waals surface area contributed by atoms with E-state index in [1.807, 2.05) is 0 Å². The van der Waals surface area contributed by atoms with Crippen molar-refractivity contribution in [3.63, 3.8) is 0 Å². The fraction of sp³-hybridized carbons (Fsp3) is 0.500. The fourth-order valence-electron chi connectivity index (χ4n) is 3.00. The molecule has 8 N–H and O–H groups in total. The number of nitrogens with one attached hydrogen (secondary N) is 3. The molecular weight excluding hydrogens is 480 g/mol. The average molecular weight is 513 g/mol. The van der Waals surface area contributed by atoms with Gasteiger partial charge < -0.3 is 37.0 Å². The molecule has 0 aliphatic carbocycles. The molecule has 0 radical (unpaired) electrons. The minimum atomic E-state index is -1.35. The van der Waals surface area contributed by atoms with Gasteiger partial charge in [0.2, 0.25) is 17.7 Å². The van der Waals surface area contributed by atoms with E-state index in [0.717, 1.165) is 0 Å². The Kier molecular flexibility index (Phi) is 13.4. The van der Waals surface area contributed by atoms with Gasteiger partial charge in [0.25, 0.3) is 0 Å². The van der Waals surface area contributed by atoms with Crippen molar-refractivity contribution in [3.8, 4) is 0 Å². The number of carboxylic acids is 2. The summed E-state index contributed by atoms with van der Waals surface area (Å²) in [5.74, 6) is -4.41. The van der Waals surface area contributed by atoms with Gasteiger partial charge in [-0.2, -0.15) is 11.8 Å². The number of thioether (sulfide) groups is 1. The number of benzene rings is 1. The third kappa shape index (κ3) is 11.2. The number of amides is 3. The van der Waals surface area contributed by atoms with Gasteiger partial charge >= 0.3 is 11.9 Å². The Labute approximate surface area is 207 Å². The summed E-state index contributed by atoms with van der Waals surface area (Å²) < 4.78 is 0. The molecule has 35 heavy (non-hydrogen) atoms. The Balaban J connectivity index is 3.11. The molecule has 1 rings (SSSR count). The topological polar surface area (TPSA) is 208 Å². The summed E-state index contributed by atoms with van der Waals surface area (Å²) in [7, 11) is 0. The van der Waals surface area contributed by atoms with E-state index in [0.29, 0.717) is 11.3 Å². The van der Waals surface area contributed by atoms with Crippen molar-refractivity contribution in [1.29, 1.82) is 0 Å². The van der Waals surface area contributed by atoms with Crippen LogP contribution in [0.3, 0.4) is 0 Å². The Morgan fingerprint density at radius 1 is 0.886 bits per heavy atom. The van der Waals surface area contributed by atoms with Crippen molar-refractivity contribution in [2.45, 2.75) is 49.9 Å². The molecule has 0 saturated heterocycles. The van der Waals surface area contributed by atoms with Gasteiger partial charge in [0, 0.05) is 12.8 Å². The number of hydrogen-bond donors (Lipinski definition) is 7. The van der Waals surface area contributed by atoms with Gasteiger partial charge in [-0.25, -0.2) is 4.79 Å². The number of aliphatic carboxylic acids is 2.